The van der Waals surface area contributed by atoms with Crippen LogP contribution in [-0.4, -0.2) is 17.8 Å². The standard InChI is InChI=1S/C14H21F2NS/c1-4-5-10(2)17-9-11(3)18-14-7-6-12(15)8-13(14)16/h6-8,10-11,17H,4-5,9H2,1-3H3. The second-order valence-electron chi connectivity index (χ2n) is 4.60. The number of halogens is 2. The van der Waals surface area contributed by atoms with E-state index in [1.54, 1.807) is 0 Å². The van der Waals surface area contributed by atoms with Gasteiger partial charge in [-0.1, -0.05) is 20.3 Å². The van der Waals surface area contributed by atoms with Gasteiger partial charge in [0.25, 0.3) is 0 Å². The molecule has 102 valence electrons. The van der Waals surface area contributed by atoms with Crippen LogP contribution in [0, 0.1) is 11.6 Å². The van der Waals surface area contributed by atoms with E-state index in [4.69, 9.17) is 0 Å². The molecule has 1 aromatic rings. The Morgan fingerprint density at radius 2 is 2.00 bits per heavy atom. The first kappa shape index (κ1) is 15.4. The molecule has 0 fully saturated rings. The maximum absolute atomic E-state index is 13.4. The van der Waals surface area contributed by atoms with E-state index in [-0.39, 0.29) is 5.25 Å². The van der Waals surface area contributed by atoms with E-state index in [0.29, 0.717) is 10.9 Å². The number of thioether (sulfide) groups is 1. The molecule has 0 aliphatic rings. The molecular formula is C14H21F2NS. The van der Waals surface area contributed by atoms with Crippen LogP contribution < -0.4 is 5.32 Å². The van der Waals surface area contributed by atoms with Gasteiger partial charge in [0, 0.05) is 28.8 Å². The Hall–Kier alpha value is -0.610. The molecule has 18 heavy (non-hydrogen) atoms. The Kier molecular flexibility index (Phi) is 6.65. The third-order valence-electron chi connectivity index (χ3n) is 2.70. The quantitative estimate of drug-likeness (QED) is 0.746. The van der Waals surface area contributed by atoms with Gasteiger partial charge in [0.2, 0.25) is 0 Å². The Labute approximate surface area is 112 Å². The maximum Gasteiger partial charge on any atom is 0.139 e. The molecule has 1 rings (SSSR count). The Morgan fingerprint density at radius 3 is 2.61 bits per heavy atom. The minimum atomic E-state index is -0.529. The zero-order valence-corrected chi connectivity index (χ0v) is 12.0. The Morgan fingerprint density at radius 1 is 1.28 bits per heavy atom. The van der Waals surface area contributed by atoms with E-state index in [1.165, 1.54) is 23.9 Å². The van der Waals surface area contributed by atoms with Crippen molar-refractivity contribution < 1.29 is 8.78 Å². The van der Waals surface area contributed by atoms with E-state index in [2.05, 4.69) is 19.2 Å². The van der Waals surface area contributed by atoms with Crippen molar-refractivity contribution in [2.75, 3.05) is 6.54 Å². The van der Waals surface area contributed by atoms with Crippen molar-refractivity contribution in [2.24, 2.45) is 0 Å². The molecule has 0 radical (unpaired) electrons. The highest BCUT2D eigenvalue weighted by Crippen LogP contribution is 2.26. The van der Waals surface area contributed by atoms with Crippen LogP contribution in [0.15, 0.2) is 23.1 Å². The number of rotatable bonds is 7. The van der Waals surface area contributed by atoms with Gasteiger partial charge in [0.15, 0.2) is 0 Å². The smallest absolute Gasteiger partial charge is 0.139 e. The second-order valence-corrected chi connectivity index (χ2v) is 6.08. The summed E-state index contributed by atoms with van der Waals surface area (Å²) in [5.41, 5.74) is 0. The third-order valence-corrected chi connectivity index (χ3v) is 3.85. The highest BCUT2D eigenvalue weighted by molar-refractivity contribution is 8.00. The predicted molar refractivity (Wildman–Crippen MR) is 74.0 cm³/mol. The summed E-state index contributed by atoms with van der Waals surface area (Å²) in [6, 6.07) is 4.21. The molecule has 0 aromatic heterocycles. The van der Waals surface area contributed by atoms with E-state index in [1.807, 2.05) is 6.92 Å². The van der Waals surface area contributed by atoms with Crippen LogP contribution in [-0.2, 0) is 0 Å². The lowest BCUT2D eigenvalue weighted by Crippen LogP contribution is -2.31. The predicted octanol–water partition coefficient (Wildman–Crippen LogP) is 4.22. The summed E-state index contributed by atoms with van der Waals surface area (Å²) in [7, 11) is 0. The summed E-state index contributed by atoms with van der Waals surface area (Å²) >= 11 is 1.43. The average molecular weight is 273 g/mol. The fraction of sp³-hybridized carbons (Fsp3) is 0.571. The molecule has 0 saturated heterocycles. The SMILES string of the molecule is CCCC(C)NCC(C)Sc1ccc(F)cc1F. The van der Waals surface area contributed by atoms with Crippen LogP contribution >= 0.6 is 11.8 Å². The monoisotopic (exact) mass is 273 g/mol. The lowest BCUT2D eigenvalue weighted by molar-refractivity contribution is 0.511. The topological polar surface area (TPSA) is 12.0 Å². The normalized spacial score (nSPS) is 14.5. The van der Waals surface area contributed by atoms with E-state index in [9.17, 15) is 8.78 Å². The van der Waals surface area contributed by atoms with Gasteiger partial charge in [-0.2, -0.15) is 0 Å². The molecule has 0 heterocycles. The van der Waals surface area contributed by atoms with Gasteiger partial charge in [-0.15, -0.1) is 11.8 Å². The first-order chi connectivity index (χ1) is 8.52. The van der Waals surface area contributed by atoms with Crippen molar-refractivity contribution in [3.63, 3.8) is 0 Å². The van der Waals surface area contributed by atoms with Gasteiger partial charge < -0.3 is 5.32 Å². The molecule has 0 spiro atoms. The fourth-order valence-corrected chi connectivity index (χ4v) is 2.66. The van der Waals surface area contributed by atoms with Gasteiger partial charge in [-0.3, -0.25) is 0 Å². The van der Waals surface area contributed by atoms with E-state index >= 15 is 0 Å². The van der Waals surface area contributed by atoms with Crippen molar-refractivity contribution in [3.05, 3.63) is 29.8 Å². The second kappa shape index (κ2) is 7.74. The highest BCUT2D eigenvalue weighted by atomic mass is 32.2. The summed E-state index contributed by atoms with van der Waals surface area (Å²) in [5.74, 6) is -1.01. The van der Waals surface area contributed by atoms with Gasteiger partial charge in [0.1, 0.15) is 11.6 Å². The number of nitrogens with one attached hydrogen (secondary N) is 1. The van der Waals surface area contributed by atoms with Crippen LogP contribution in [0.1, 0.15) is 33.6 Å². The van der Waals surface area contributed by atoms with Crippen LogP contribution in [0.2, 0.25) is 0 Å². The molecule has 0 amide bonds. The molecule has 0 aliphatic carbocycles. The molecular weight excluding hydrogens is 252 g/mol. The Bertz CT molecular complexity index is 371. The molecule has 0 saturated carbocycles. The fourth-order valence-electron chi connectivity index (χ4n) is 1.73. The van der Waals surface area contributed by atoms with Gasteiger partial charge in [0.05, 0.1) is 0 Å². The summed E-state index contributed by atoms with van der Waals surface area (Å²) in [6.45, 7) is 7.17. The molecule has 1 N–H and O–H groups in total. The minimum absolute atomic E-state index is 0.254. The minimum Gasteiger partial charge on any atom is -0.313 e. The van der Waals surface area contributed by atoms with Crippen LogP contribution in [0.5, 0.6) is 0 Å². The van der Waals surface area contributed by atoms with Crippen molar-refractivity contribution in [2.45, 2.75) is 49.8 Å². The van der Waals surface area contributed by atoms with Crippen LogP contribution in [0.25, 0.3) is 0 Å². The van der Waals surface area contributed by atoms with E-state index < -0.39 is 11.6 Å². The molecule has 4 heteroatoms. The van der Waals surface area contributed by atoms with E-state index in [0.717, 1.165) is 25.5 Å². The zero-order chi connectivity index (χ0) is 13.5. The maximum atomic E-state index is 13.4. The van der Waals surface area contributed by atoms with Crippen molar-refractivity contribution in [1.29, 1.82) is 0 Å². The number of hydrogen-bond donors (Lipinski definition) is 1. The molecule has 0 aliphatic heterocycles. The summed E-state index contributed by atoms with van der Waals surface area (Å²) in [6.07, 6.45) is 2.30. The number of benzene rings is 1. The van der Waals surface area contributed by atoms with Crippen LogP contribution in [0.3, 0.4) is 0 Å². The van der Waals surface area contributed by atoms with Gasteiger partial charge in [-0.05, 0) is 25.5 Å². The zero-order valence-electron chi connectivity index (χ0n) is 11.2. The molecule has 0 bridgehead atoms. The van der Waals surface area contributed by atoms with Gasteiger partial charge in [-0.25, -0.2) is 8.78 Å². The summed E-state index contributed by atoms with van der Waals surface area (Å²) < 4.78 is 26.2. The lowest BCUT2D eigenvalue weighted by atomic mass is 10.2. The first-order valence-electron chi connectivity index (χ1n) is 6.38. The number of hydrogen-bond acceptors (Lipinski definition) is 2. The molecule has 1 aromatic carbocycles. The summed E-state index contributed by atoms with van der Waals surface area (Å²) in [5, 5.41) is 3.67. The first-order valence-corrected chi connectivity index (χ1v) is 7.26. The molecule has 2 atom stereocenters. The molecule has 1 nitrogen and oxygen atoms in total. The van der Waals surface area contributed by atoms with Crippen molar-refractivity contribution in [1.82, 2.24) is 5.32 Å². The third kappa shape index (κ3) is 5.36. The lowest BCUT2D eigenvalue weighted by Gasteiger charge is -2.17. The van der Waals surface area contributed by atoms with Crippen LogP contribution in [0.4, 0.5) is 8.78 Å². The largest absolute Gasteiger partial charge is 0.313 e. The summed E-state index contributed by atoms with van der Waals surface area (Å²) in [4.78, 5) is 0.508. The Balaban J connectivity index is 2.42. The van der Waals surface area contributed by atoms with Crippen molar-refractivity contribution >= 4 is 11.8 Å². The van der Waals surface area contributed by atoms with Gasteiger partial charge >= 0.3 is 0 Å². The van der Waals surface area contributed by atoms with Crippen molar-refractivity contribution in [3.8, 4) is 0 Å². The molecule has 2 unspecified atom stereocenters. The highest BCUT2D eigenvalue weighted by Gasteiger charge is 2.10. The average Bonchev–Trinajstić information content (AvgIpc) is 2.31.